The molecule has 3 nitrogen and oxygen atoms in total. The summed E-state index contributed by atoms with van der Waals surface area (Å²) in [5.74, 6) is 0.988. The molecule has 0 saturated heterocycles. The summed E-state index contributed by atoms with van der Waals surface area (Å²) in [6, 6.07) is 16.9. The zero-order valence-corrected chi connectivity index (χ0v) is 12.1. The normalized spacial score (nSPS) is 13.0. The van der Waals surface area contributed by atoms with Crippen molar-refractivity contribution in [1.82, 2.24) is 14.9 Å². The average Bonchev–Trinajstić information content (AvgIpc) is 2.82. The van der Waals surface area contributed by atoms with Gasteiger partial charge in [0.15, 0.2) is 0 Å². The lowest BCUT2D eigenvalue weighted by atomic mass is 10.1. The molecule has 3 heteroatoms. The predicted octanol–water partition coefficient (Wildman–Crippen LogP) is 3.52. The van der Waals surface area contributed by atoms with Crippen molar-refractivity contribution in [2.45, 2.75) is 13.0 Å². The van der Waals surface area contributed by atoms with Gasteiger partial charge in [-0.25, -0.2) is 4.98 Å². The second-order valence-corrected chi connectivity index (χ2v) is 5.42. The Kier molecular flexibility index (Phi) is 3.28. The van der Waals surface area contributed by atoms with E-state index >= 15 is 0 Å². The maximum absolute atomic E-state index is 4.75. The zero-order valence-electron chi connectivity index (χ0n) is 12.1. The second-order valence-electron chi connectivity index (χ2n) is 5.42. The minimum atomic E-state index is 0.143. The smallest absolute Gasteiger partial charge is 0.129 e. The van der Waals surface area contributed by atoms with Gasteiger partial charge in [0, 0.05) is 0 Å². The zero-order chi connectivity index (χ0) is 14.1. The Balaban J connectivity index is 2.10. The molecule has 0 radical (unpaired) electrons. The number of aryl methyl sites for hydroxylation is 1. The van der Waals surface area contributed by atoms with Crippen LogP contribution in [-0.4, -0.2) is 29.0 Å². The number of H-pyrrole nitrogens is 1. The first-order chi connectivity index (χ1) is 9.65. The molecule has 0 saturated carbocycles. The Morgan fingerprint density at radius 1 is 1.05 bits per heavy atom. The van der Waals surface area contributed by atoms with Gasteiger partial charge in [-0.15, -0.1) is 0 Å². The summed E-state index contributed by atoms with van der Waals surface area (Å²) in [6.45, 7) is 2.10. The summed E-state index contributed by atoms with van der Waals surface area (Å²) in [4.78, 5) is 10.4. The molecule has 0 aliphatic heterocycles. The Morgan fingerprint density at radius 3 is 2.50 bits per heavy atom. The summed E-state index contributed by atoms with van der Waals surface area (Å²) in [7, 11) is 4.16. The number of hydrogen-bond acceptors (Lipinski definition) is 2. The first-order valence-corrected chi connectivity index (χ1v) is 6.83. The third-order valence-electron chi connectivity index (χ3n) is 3.55. The second kappa shape index (κ2) is 5.10. The largest absolute Gasteiger partial charge is 0.340 e. The highest BCUT2D eigenvalue weighted by atomic mass is 15.1. The van der Waals surface area contributed by atoms with Crippen LogP contribution in [0, 0.1) is 6.92 Å². The molecule has 3 aromatic rings. The van der Waals surface area contributed by atoms with E-state index in [1.165, 1.54) is 11.1 Å². The van der Waals surface area contributed by atoms with Crippen LogP contribution < -0.4 is 0 Å². The predicted molar refractivity (Wildman–Crippen MR) is 82.8 cm³/mol. The standard InChI is InChI=1S/C17H19N3/c1-12-9-10-14-15(11-12)19-17(18-14)16(20(2)3)13-7-5-4-6-8-13/h4-11,16H,1-3H3,(H,18,19). The number of hydrogen-bond donors (Lipinski definition) is 1. The monoisotopic (exact) mass is 265 g/mol. The van der Waals surface area contributed by atoms with E-state index < -0.39 is 0 Å². The number of benzene rings is 2. The third kappa shape index (κ3) is 2.32. The fraction of sp³-hybridized carbons (Fsp3) is 0.235. The van der Waals surface area contributed by atoms with Crippen molar-refractivity contribution in [3.05, 3.63) is 65.5 Å². The number of imidazole rings is 1. The van der Waals surface area contributed by atoms with E-state index in [4.69, 9.17) is 4.98 Å². The van der Waals surface area contributed by atoms with Crippen molar-refractivity contribution in [1.29, 1.82) is 0 Å². The molecular formula is C17H19N3. The Morgan fingerprint density at radius 2 is 1.80 bits per heavy atom. The van der Waals surface area contributed by atoms with Crippen molar-refractivity contribution < 1.29 is 0 Å². The van der Waals surface area contributed by atoms with E-state index in [-0.39, 0.29) is 6.04 Å². The highest BCUT2D eigenvalue weighted by molar-refractivity contribution is 5.76. The molecule has 1 unspecified atom stereocenters. The lowest BCUT2D eigenvalue weighted by Crippen LogP contribution is -2.22. The third-order valence-corrected chi connectivity index (χ3v) is 3.55. The molecule has 0 amide bonds. The van der Waals surface area contributed by atoms with Crippen LogP contribution in [0.3, 0.4) is 0 Å². The number of fused-ring (bicyclic) bond motifs is 1. The highest BCUT2D eigenvalue weighted by Crippen LogP contribution is 2.26. The van der Waals surface area contributed by atoms with Crippen LogP contribution in [0.1, 0.15) is 23.0 Å². The SMILES string of the molecule is Cc1ccc2nc(C(c3ccccc3)N(C)C)[nH]c2c1. The van der Waals surface area contributed by atoms with E-state index in [1.54, 1.807) is 0 Å². The number of rotatable bonds is 3. The van der Waals surface area contributed by atoms with Crippen LogP contribution in [0.15, 0.2) is 48.5 Å². The molecule has 1 heterocycles. The van der Waals surface area contributed by atoms with Gasteiger partial charge < -0.3 is 4.98 Å². The van der Waals surface area contributed by atoms with Gasteiger partial charge in [0.2, 0.25) is 0 Å². The molecule has 0 spiro atoms. The minimum Gasteiger partial charge on any atom is -0.340 e. The number of nitrogens with one attached hydrogen (secondary N) is 1. The summed E-state index contributed by atoms with van der Waals surface area (Å²) in [6.07, 6.45) is 0. The van der Waals surface area contributed by atoms with Gasteiger partial charge in [0.1, 0.15) is 5.82 Å². The summed E-state index contributed by atoms with van der Waals surface area (Å²) in [5.41, 5.74) is 4.61. The van der Waals surface area contributed by atoms with Crippen molar-refractivity contribution in [3.63, 3.8) is 0 Å². The fourth-order valence-corrected chi connectivity index (χ4v) is 2.61. The van der Waals surface area contributed by atoms with Gasteiger partial charge in [-0.2, -0.15) is 0 Å². The first kappa shape index (κ1) is 12.9. The number of aromatic amines is 1. The van der Waals surface area contributed by atoms with Crippen LogP contribution in [0.2, 0.25) is 0 Å². The van der Waals surface area contributed by atoms with E-state index in [2.05, 4.69) is 73.4 Å². The van der Waals surface area contributed by atoms with Gasteiger partial charge in [0.05, 0.1) is 17.1 Å². The van der Waals surface area contributed by atoms with Crippen LogP contribution in [-0.2, 0) is 0 Å². The maximum atomic E-state index is 4.75. The first-order valence-electron chi connectivity index (χ1n) is 6.83. The molecule has 1 atom stereocenters. The molecule has 1 N–H and O–H groups in total. The summed E-state index contributed by atoms with van der Waals surface area (Å²) >= 11 is 0. The summed E-state index contributed by atoms with van der Waals surface area (Å²) in [5, 5.41) is 0. The molecule has 20 heavy (non-hydrogen) atoms. The van der Waals surface area contributed by atoms with Crippen molar-refractivity contribution >= 4 is 11.0 Å². The van der Waals surface area contributed by atoms with E-state index in [0.717, 1.165) is 16.9 Å². The molecular weight excluding hydrogens is 246 g/mol. The lowest BCUT2D eigenvalue weighted by Gasteiger charge is -2.22. The van der Waals surface area contributed by atoms with E-state index in [1.807, 2.05) is 6.07 Å². The van der Waals surface area contributed by atoms with Crippen molar-refractivity contribution in [2.24, 2.45) is 0 Å². The quantitative estimate of drug-likeness (QED) is 0.785. The highest BCUT2D eigenvalue weighted by Gasteiger charge is 2.19. The summed E-state index contributed by atoms with van der Waals surface area (Å²) < 4.78 is 0. The molecule has 102 valence electrons. The van der Waals surface area contributed by atoms with E-state index in [9.17, 15) is 0 Å². The molecule has 0 fully saturated rings. The van der Waals surface area contributed by atoms with Gasteiger partial charge in [-0.1, -0.05) is 36.4 Å². The number of nitrogens with zero attached hydrogens (tertiary/aromatic N) is 2. The van der Waals surface area contributed by atoms with Crippen LogP contribution in [0.25, 0.3) is 11.0 Å². The molecule has 2 aromatic carbocycles. The van der Waals surface area contributed by atoms with Crippen molar-refractivity contribution in [2.75, 3.05) is 14.1 Å². The Hall–Kier alpha value is -2.13. The van der Waals surface area contributed by atoms with Crippen molar-refractivity contribution in [3.8, 4) is 0 Å². The van der Waals surface area contributed by atoms with Crippen LogP contribution in [0.4, 0.5) is 0 Å². The Bertz CT molecular complexity index is 713. The van der Waals surface area contributed by atoms with E-state index in [0.29, 0.717) is 0 Å². The fourth-order valence-electron chi connectivity index (χ4n) is 2.61. The minimum absolute atomic E-state index is 0.143. The van der Waals surface area contributed by atoms with Gasteiger partial charge in [-0.05, 0) is 44.3 Å². The lowest BCUT2D eigenvalue weighted by molar-refractivity contribution is 0.332. The molecule has 3 rings (SSSR count). The maximum Gasteiger partial charge on any atom is 0.129 e. The van der Waals surface area contributed by atoms with Gasteiger partial charge >= 0.3 is 0 Å². The molecule has 0 bridgehead atoms. The average molecular weight is 265 g/mol. The number of aromatic nitrogens is 2. The Labute approximate surface area is 119 Å². The van der Waals surface area contributed by atoms with Gasteiger partial charge in [-0.3, -0.25) is 4.90 Å². The molecule has 0 aliphatic rings. The van der Waals surface area contributed by atoms with Gasteiger partial charge in [0.25, 0.3) is 0 Å². The van der Waals surface area contributed by atoms with Crippen LogP contribution in [0.5, 0.6) is 0 Å². The molecule has 0 aliphatic carbocycles. The topological polar surface area (TPSA) is 31.9 Å². The van der Waals surface area contributed by atoms with Crippen LogP contribution >= 0.6 is 0 Å². The molecule has 1 aromatic heterocycles.